The number of halogens is 2. The van der Waals surface area contributed by atoms with Crippen LogP contribution in [-0.4, -0.2) is 19.6 Å². The van der Waals surface area contributed by atoms with Gasteiger partial charge in [-0.2, -0.15) is 5.10 Å². The van der Waals surface area contributed by atoms with Gasteiger partial charge < -0.3 is 0 Å². The Bertz CT molecular complexity index is 1030. The molecule has 0 N–H and O–H groups in total. The minimum atomic E-state index is -0.291. The molecule has 1 atom stereocenters. The van der Waals surface area contributed by atoms with Crippen molar-refractivity contribution in [1.82, 2.24) is 19.6 Å². The maximum Gasteiger partial charge on any atom is 0.153 e. The van der Waals surface area contributed by atoms with Gasteiger partial charge in [-0.15, -0.1) is 0 Å². The van der Waals surface area contributed by atoms with Gasteiger partial charge in [0.1, 0.15) is 11.0 Å². The van der Waals surface area contributed by atoms with Gasteiger partial charge in [0.15, 0.2) is 5.65 Å². The standard InChI is InChI=1S/C17H12ClFN4/c1-10(15-9-21-17-5-4-16(18)22-23(15)17)12-7-11-3-2-6-20-14(11)8-13(12)19/h2-10H,1H3/t10-/m1/s1. The first kappa shape index (κ1) is 14.1. The number of nitrogens with zero attached hydrogens (tertiary/aromatic N) is 4. The summed E-state index contributed by atoms with van der Waals surface area (Å²) in [5, 5.41) is 5.53. The van der Waals surface area contributed by atoms with Crippen molar-refractivity contribution in [1.29, 1.82) is 0 Å². The highest BCUT2D eigenvalue weighted by molar-refractivity contribution is 6.29. The Hall–Kier alpha value is -2.53. The van der Waals surface area contributed by atoms with Crippen molar-refractivity contribution in [2.45, 2.75) is 12.8 Å². The Labute approximate surface area is 136 Å². The Morgan fingerprint density at radius 3 is 2.91 bits per heavy atom. The lowest BCUT2D eigenvalue weighted by atomic mass is 9.96. The van der Waals surface area contributed by atoms with Crippen LogP contribution in [0.4, 0.5) is 4.39 Å². The van der Waals surface area contributed by atoms with Gasteiger partial charge in [0, 0.05) is 23.6 Å². The third-order valence-electron chi connectivity index (χ3n) is 3.99. The smallest absolute Gasteiger partial charge is 0.153 e. The maximum absolute atomic E-state index is 14.5. The largest absolute Gasteiger partial charge is 0.256 e. The summed E-state index contributed by atoms with van der Waals surface area (Å²) in [5.74, 6) is -0.513. The summed E-state index contributed by atoms with van der Waals surface area (Å²) in [4.78, 5) is 8.48. The molecule has 4 nitrogen and oxygen atoms in total. The minimum Gasteiger partial charge on any atom is -0.256 e. The highest BCUT2D eigenvalue weighted by Crippen LogP contribution is 2.29. The Balaban J connectivity index is 1.89. The molecule has 0 spiro atoms. The van der Waals surface area contributed by atoms with Crippen LogP contribution in [0.1, 0.15) is 24.1 Å². The number of pyridine rings is 1. The molecule has 0 aliphatic heterocycles. The number of imidazole rings is 1. The van der Waals surface area contributed by atoms with Gasteiger partial charge in [-0.05, 0) is 29.8 Å². The molecule has 3 heterocycles. The normalized spacial score (nSPS) is 12.8. The van der Waals surface area contributed by atoms with E-state index in [4.69, 9.17) is 11.6 Å². The number of fused-ring (bicyclic) bond motifs is 2. The molecule has 0 saturated heterocycles. The summed E-state index contributed by atoms with van der Waals surface area (Å²) < 4.78 is 16.2. The van der Waals surface area contributed by atoms with E-state index in [9.17, 15) is 4.39 Å². The molecule has 0 aliphatic carbocycles. The van der Waals surface area contributed by atoms with E-state index in [1.54, 1.807) is 29.0 Å². The van der Waals surface area contributed by atoms with Gasteiger partial charge in [0.2, 0.25) is 0 Å². The van der Waals surface area contributed by atoms with Crippen LogP contribution in [0.3, 0.4) is 0 Å². The summed E-state index contributed by atoms with van der Waals surface area (Å²) in [6, 6.07) is 10.5. The lowest BCUT2D eigenvalue weighted by Crippen LogP contribution is -2.05. The second-order valence-electron chi connectivity index (χ2n) is 5.40. The van der Waals surface area contributed by atoms with Crippen molar-refractivity contribution in [3.63, 3.8) is 0 Å². The van der Waals surface area contributed by atoms with E-state index in [0.717, 1.165) is 11.1 Å². The predicted molar refractivity (Wildman–Crippen MR) is 87.2 cm³/mol. The molecule has 6 heteroatoms. The third-order valence-corrected chi connectivity index (χ3v) is 4.19. The summed E-state index contributed by atoms with van der Waals surface area (Å²) in [6.45, 7) is 1.92. The van der Waals surface area contributed by atoms with E-state index in [1.807, 2.05) is 25.1 Å². The fraction of sp³-hybridized carbons (Fsp3) is 0.118. The fourth-order valence-corrected chi connectivity index (χ4v) is 2.91. The monoisotopic (exact) mass is 326 g/mol. The van der Waals surface area contributed by atoms with Gasteiger partial charge in [0.25, 0.3) is 0 Å². The molecule has 0 radical (unpaired) electrons. The predicted octanol–water partition coefficient (Wildman–Crippen LogP) is 4.22. The Morgan fingerprint density at radius 2 is 2.04 bits per heavy atom. The van der Waals surface area contributed by atoms with Crippen molar-refractivity contribution < 1.29 is 4.39 Å². The first-order chi connectivity index (χ1) is 11.1. The van der Waals surface area contributed by atoms with Crippen molar-refractivity contribution >= 4 is 28.2 Å². The Kier molecular flexibility index (Phi) is 3.23. The quantitative estimate of drug-likeness (QED) is 0.554. The summed E-state index contributed by atoms with van der Waals surface area (Å²) in [6.07, 6.45) is 3.36. The zero-order chi connectivity index (χ0) is 16.0. The topological polar surface area (TPSA) is 43.1 Å². The van der Waals surface area contributed by atoms with E-state index < -0.39 is 0 Å². The zero-order valence-electron chi connectivity index (χ0n) is 12.2. The molecule has 0 aliphatic rings. The van der Waals surface area contributed by atoms with Gasteiger partial charge in [-0.25, -0.2) is 13.9 Å². The molecule has 114 valence electrons. The van der Waals surface area contributed by atoms with Gasteiger partial charge in [-0.3, -0.25) is 4.98 Å². The highest BCUT2D eigenvalue weighted by Gasteiger charge is 2.19. The summed E-state index contributed by atoms with van der Waals surface area (Å²) in [7, 11) is 0. The summed E-state index contributed by atoms with van der Waals surface area (Å²) in [5.41, 5.74) is 2.68. The summed E-state index contributed by atoms with van der Waals surface area (Å²) >= 11 is 5.97. The van der Waals surface area contributed by atoms with Crippen LogP contribution in [-0.2, 0) is 0 Å². The fourth-order valence-electron chi connectivity index (χ4n) is 2.77. The van der Waals surface area contributed by atoms with Crippen LogP contribution in [0.15, 0.2) is 48.8 Å². The molecule has 1 aromatic carbocycles. The van der Waals surface area contributed by atoms with Gasteiger partial charge in [-0.1, -0.05) is 24.6 Å². The van der Waals surface area contributed by atoms with Crippen LogP contribution in [0.25, 0.3) is 16.6 Å². The lowest BCUT2D eigenvalue weighted by Gasteiger charge is -2.13. The molecule has 4 aromatic rings. The number of hydrogen-bond acceptors (Lipinski definition) is 3. The van der Waals surface area contributed by atoms with E-state index >= 15 is 0 Å². The first-order valence-electron chi connectivity index (χ1n) is 7.18. The second-order valence-corrected chi connectivity index (χ2v) is 5.79. The van der Waals surface area contributed by atoms with Crippen LogP contribution in [0.5, 0.6) is 0 Å². The Morgan fingerprint density at radius 1 is 1.17 bits per heavy atom. The van der Waals surface area contributed by atoms with E-state index in [2.05, 4.69) is 15.1 Å². The van der Waals surface area contributed by atoms with Crippen molar-refractivity contribution in [3.05, 3.63) is 71.0 Å². The molecule has 4 rings (SSSR count). The molecule has 0 unspecified atom stereocenters. The molecular weight excluding hydrogens is 315 g/mol. The number of hydrogen-bond donors (Lipinski definition) is 0. The second kappa shape index (κ2) is 5.28. The van der Waals surface area contributed by atoms with Crippen molar-refractivity contribution in [2.75, 3.05) is 0 Å². The van der Waals surface area contributed by atoms with Crippen LogP contribution >= 0.6 is 11.6 Å². The number of benzene rings is 1. The van der Waals surface area contributed by atoms with Gasteiger partial charge >= 0.3 is 0 Å². The number of rotatable bonds is 2. The van der Waals surface area contributed by atoms with Crippen molar-refractivity contribution in [2.24, 2.45) is 0 Å². The first-order valence-corrected chi connectivity index (χ1v) is 7.55. The van der Waals surface area contributed by atoms with E-state index in [1.165, 1.54) is 6.07 Å². The molecule has 23 heavy (non-hydrogen) atoms. The van der Waals surface area contributed by atoms with Crippen molar-refractivity contribution in [3.8, 4) is 0 Å². The molecule has 0 saturated carbocycles. The zero-order valence-corrected chi connectivity index (χ0v) is 13.0. The molecule has 3 aromatic heterocycles. The average molecular weight is 327 g/mol. The van der Waals surface area contributed by atoms with Crippen LogP contribution < -0.4 is 0 Å². The van der Waals surface area contributed by atoms with Crippen LogP contribution in [0.2, 0.25) is 5.15 Å². The van der Waals surface area contributed by atoms with Gasteiger partial charge in [0.05, 0.1) is 17.4 Å². The van der Waals surface area contributed by atoms with Crippen LogP contribution in [0, 0.1) is 5.82 Å². The third kappa shape index (κ3) is 2.33. The number of aromatic nitrogens is 4. The maximum atomic E-state index is 14.5. The van der Waals surface area contributed by atoms with E-state index in [-0.39, 0.29) is 11.7 Å². The average Bonchev–Trinajstić information content (AvgIpc) is 2.96. The molecule has 0 fully saturated rings. The van der Waals surface area contributed by atoms with E-state index in [0.29, 0.717) is 21.9 Å². The molecule has 0 bridgehead atoms. The molecular formula is C17H12ClFN4. The minimum absolute atomic E-state index is 0.222. The molecule has 0 amide bonds. The lowest BCUT2D eigenvalue weighted by molar-refractivity contribution is 0.600. The SMILES string of the molecule is C[C@H](c1cc2cccnc2cc1F)c1cnc2ccc(Cl)nn12. The highest BCUT2D eigenvalue weighted by atomic mass is 35.5.